The Labute approximate surface area is 203 Å². The average molecular weight is 487 g/mol. The number of aromatic nitrogens is 1. The maximum atomic E-state index is 12.4. The molecule has 3 heterocycles. The second-order valence-corrected chi connectivity index (χ2v) is 10.4. The van der Waals surface area contributed by atoms with Crippen molar-refractivity contribution in [2.24, 2.45) is 0 Å². The molecule has 1 aromatic carbocycles. The molecule has 1 amide bonds. The van der Waals surface area contributed by atoms with Gasteiger partial charge in [-0.05, 0) is 31.5 Å². The zero-order valence-electron chi connectivity index (χ0n) is 18.9. The van der Waals surface area contributed by atoms with Crippen molar-refractivity contribution < 1.29 is 14.3 Å². The maximum Gasteiger partial charge on any atom is 0.241 e. The molecule has 0 bridgehead atoms. The quantitative estimate of drug-likeness (QED) is 0.431. The van der Waals surface area contributed by atoms with E-state index in [1.54, 1.807) is 23.1 Å². The molecule has 2 aliphatic rings. The number of hydrogen-bond donors (Lipinski definition) is 1. The van der Waals surface area contributed by atoms with Crippen molar-refractivity contribution in [3.05, 3.63) is 57.7 Å². The first-order chi connectivity index (χ1) is 16.0. The lowest BCUT2D eigenvalue weighted by Crippen LogP contribution is -2.47. The van der Waals surface area contributed by atoms with Crippen molar-refractivity contribution in [2.45, 2.75) is 42.6 Å². The number of aldehydes is 1. The fourth-order valence-electron chi connectivity index (χ4n) is 4.13. The van der Waals surface area contributed by atoms with Crippen LogP contribution in [0.15, 0.2) is 40.8 Å². The molecule has 1 N–H and O–H groups in total. The highest BCUT2D eigenvalue weighted by Crippen LogP contribution is 2.30. The third-order valence-electron chi connectivity index (χ3n) is 6.00. The van der Waals surface area contributed by atoms with E-state index in [4.69, 9.17) is 9.72 Å². The topological polar surface area (TPSA) is 74.8 Å². The first-order valence-corrected chi connectivity index (χ1v) is 13.0. The number of piperidine rings is 1. The van der Waals surface area contributed by atoms with Crippen molar-refractivity contribution in [1.29, 1.82) is 0 Å². The molecule has 1 unspecified atom stereocenters. The number of morpholine rings is 1. The Balaban J connectivity index is 1.41. The summed E-state index contributed by atoms with van der Waals surface area (Å²) in [6.45, 7) is 8.73. The number of thiazole rings is 1. The number of allylic oxidation sites excluding steroid dienone is 1. The number of ether oxygens (including phenoxy) is 1. The molecule has 33 heavy (non-hydrogen) atoms. The molecular weight excluding hydrogens is 456 g/mol. The first kappa shape index (κ1) is 24.1. The highest BCUT2D eigenvalue weighted by atomic mass is 32.2. The minimum Gasteiger partial charge on any atom is -0.379 e. The fraction of sp³-hybridized carbons (Fsp3) is 0.458. The van der Waals surface area contributed by atoms with E-state index < -0.39 is 0 Å². The van der Waals surface area contributed by atoms with Gasteiger partial charge in [0, 0.05) is 46.9 Å². The lowest BCUT2D eigenvalue weighted by Gasteiger charge is -2.32. The summed E-state index contributed by atoms with van der Waals surface area (Å²) in [5, 5.41) is 6.10. The van der Waals surface area contributed by atoms with Crippen LogP contribution in [-0.2, 0) is 28.4 Å². The molecule has 0 spiro atoms. The smallest absolute Gasteiger partial charge is 0.241 e. The summed E-state index contributed by atoms with van der Waals surface area (Å²) >= 11 is 3.39. The van der Waals surface area contributed by atoms with E-state index in [1.165, 1.54) is 0 Å². The van der Waals surface area contributed by atoms with Gasteiger partial charge >= 0.3 is 0 Å². The summed E-state index contributed by atoms with van der Waals surface area (Å²) in [6.07, 6.45) is 2.41. The van der Waals surface area contributed by atoms with Crippen molar-refractivity contribution in [1.82, 2.24) is 20.1 Å². The summed E-state index contributed by atoms with van der Waals surface area (Å²) in [6, 6.07) is 5.57. The minimum absolute atomic E-state index is 0.0261. The highest BCUT2D eigenvalue weighted by molar-refractivity contribution is 7.98. The standard InChI is InChI=1S/C24H30N4O3S2/c1-17-6-7-21(24(30)25-17)27(2)12-20-18(14-29)4-3-5-22(20)32-15-19-16-33-23(26-19)13-28-8-10-31-11-9-28/h3-5,14,16,21H,1,6-13,15H2,2H3,(H,25,30). The van der Waals surface area contributed by atoms with Crippen LogP contribution in [0.5, 0.6) is 0 Å². The predicted octanol–water partition coefficient (Wildman–Crippen LogP) is 3.30. The molecule has 2 fully saturated rings. The molecule has 1 atom stereocenters. The summed E-state index contributed by atoms with van der Waals surface area (Å²) in [7, 11) is 1.94. The van der Waals surface area contributed by atoms with E-state index in [0.29, 0.717) is 12.1 Å². The Morgan fingerprint density at radius 3 is 2.97 bits per heavy atom. The molecule has 0 saturated carbocycles. The maximum absolute atomic E-state index is 12.4. The normalized spacial score (nSPS) is 19.6. The van der Waals surface area contributed by atoms with Crippen molar-refractivity contribution >= 4 is 35.3 Å². The monoisotopic (exact) mass is 486 g/mol. The molecule has 7 nitrogen and oxygen atoms in total. The molecular formula is C24H30N4O3S2. The first-order valence-electron chi connectivity index (χ1n) is 11.2. The summed E-state index contributed by atoms with van der Waals surface area (Å²) < 4.78 is 5.42. The van der Waals surface area contributed by atoms with E-state index in [9.17, 15) is 9.59 Å². The van der Waals surface area contributed by atoms with E-state index in [2.05, 4.69) is 22.2 Å². The van der Waals surface area contributed by atoms with Crippen molar-refractivity contribution in [2.75, 3.05) is 33.4 Å². The van der Waals surface area contributed by atoms with E-state index >= 15 is 0 Å². The zero-order chi connectivity index (χ0) is 23.2. The van der Waals surface area contributed by atoms with Crippen LogP contribution in [0, 0.1) is 0 Å². The Hall–Kier alpha value is -2.04. The van der Waals surface area contributed by atoms with E-state index in [-0.39, 0.29) is 11.9 Å². The van der Waals surface area contributed by atoms with Gasteiger partial charge in [-0.25, -0.2) is 4.98 Å². The van der Waals surface area contributed by atoms with Gasteiger partial charge in [0.2, 0.25) is 5.91 Å². The number of carbonyl (C=O) groups is 2. The molecule has 0 radical (unpaired) electrons. The number of carbonyl (C=O) groups excluding carboxylic acids is 2. The lowest BCUT2D eigenvalue weighted by molar-refractivity contribution is -0.126. The predicted molar refractivity (Wildman–Crippen MR) is 131 cm³/mol. The largest absolute Gasteiger partial charge is 0.379 e. The number of thioether (sulfide) groups is 1. The molecule has 2 saturated heterocycles. The number of benzene rings is 1. The van der Waals surface area contributed by atoms with Crippen LogP contribution in [-0.4, -0.2) is 66.4 Å². The van der Waals surface area contributed by atoms with Gasteiger partial charge in [0.05, 0.1) is 31.5 Å². The summed E-state index contributed by atoms with van der Waals surface area (Å²) in [5.74, 6) is 0.712. The summed E-state index contributed by atoms with van der Waals surface area (Å²) in [4.78, 5) is 34.5. The minimum atomic E-state index is -0.227. The van der Waals surface area contributed by atoms with Crippen LogP contribution in [0.4, 0.5) is 0 Å². The van der Waals surface area contributed by atoms with E-state index in [1.807, 2.05) is 30.1 Å². The van der Waals surface area contributed by atoms with Gasteiger partial charge in [-0.15, -0.1) is 23.1 Å². The molecule has 2 aromatic rings. The second-order valence-electron chi connectivity index (χ2n) is 8.41. The van der Waals surface area contributed by atoms with Crippen LogP contribution >= 0.6 is 23.1 Å². The van der Waals surface area contributed by atoms with Crippen molar-refractivity contribution in [3.8, 4) is 0 Å². The Morgan fingerprint density at radius 1 is 1.39 bits per heavy atom. The van der Waals surface area contributed by atoms with Gasteiger partial charge in [-0.1, -0.05) is 18.7 Å². The average Bonchev–Trinajstić information content (AvgIpc) is 3.26. The zero-order valence-corrected chi connectivity index (χ0v) is 20.6. The molecule has 176 valence electrons. The van der Waals surface area contributed by atoms with Gasteiger partial charge < -0.3 is 10.1 Å². The van der Waals surface area contributed by atoms with Gasteiger partial charge in [0.1, 0.15) is 11.3 Å². The lowest BCUT2D eigenvalue weighted by atomic mass is 10.0. The number of nitrogens with zero attached hydrogens (tertiary/aromatic N) is 3. The van der Waals surface area contributed by atoms with Gasteiger partial charge in [-0.2, -0.15) is 0 Å². The Bertz CT molecular complexity index is 1000. The van der Waals surface area contributed by atoms with Crippen LogP contribution in [0.1, 0.15) is 39.5 Å². The van der Waals surface area contributed by atoms with Crippen LogP contribution in [0.2, 0.25) is 0 Å². The molecule has 9 heteroatoms. The third-order valence-corrected chi connectivity index (χ3v) is 8.01. The second kappa shape index (κ2) is 11.4. The SMILES string of the molecule is C=C1CCC(N(C)Cc2c(C=O)cccc2SCc2csc(CN3CCOCC3)n2)C(=O)N1. The molecule has 1 aromatic heterocycles. The molecule has 4 rings (SSSR count). The highest BCUT2D eigenvalue weighted by Gasteiger charge is 2.28. The Morgan fingerprint density at radius 2 is 2.21 bits per heavy atom. The van der Waals surface area contributed by atoms with Crippen LogP contribution in [0.25, 0.3) is 0 Å². The molecule has 0 aliphatic carbocycles. The molecule has 2 aliphatic heterocycles. The van der Waals surface area contributed by atoms with E-state index in [0.717, 1.165) is 84.6 Å². The van der Waals surface area contributed by atoms with Gasteiger partial charge in [-0.3, -0.25) is 19.4 Å². The van der Waals surface area contributed by atoms with Crippen LogP contribution < -0.4 is 5.32 Å². The van der Waals surface area contributed by atoms with Gasteiger partial charge in [0.15, 0.2) is 0 Å². The van der Waals surface area contributed by atoms with Gasteiger partial charge in [0.25, 0.3) is 0 Å². The Kier molecular flexibility index (Phi) is 8.32. The third kappa shape index (κ3) is 6.30. The number of amides is 1. The number of likely N-dealkylation sites (N-methyl/N-ethyl adjacent to an activating group) is 1. The van der Waals surface area contributed by atoms with Crippen LogP contribution in [0.3, 0.4) is 0 Å². The number of rotatable bonds is 9. The fourth-order valence-corrected chi connectivity index (χ4v) is 6.05. The summed E-state index contributed by atoms with van der Waals surface area (Å²) in [5.41, 5.74) is 3.44. The number of hydrogen-bond acceptors (Lipinski definition) is 8. The number of nitrogens with one attached hydrogen (secondary N) is 1. The van der Waals surface area contributed by atoms with Crippen molar-refractivity contribution in [3.63, 3.8) is 0 Å².